The molecule has 106 valence electrons. The zero-order valence-electron chi connectivity index (χ0n) is 11.6. The predicted octanol–water partition coefficient (Wildman–Crippen LogP) is 2.85. The molecule has 3 aromatic rings. The predicted molar refractivity (Wildman–Crippen MR) is 78.7 cm³/mol. The summed E-state index contributed by atoms with van der Waals surface area (Å²) in [6.45, 7) is 0.340. The van der Waals surface area contributed by atoms with E-state index in [1.807, 2.05) is 60.8 Å². The number of hydrogen-bond donors (Lipinski definition) is 0. The minimum Gasteiger partial charge on any atom is -0.493 e. The van der Waals surface area contributed by atoms with Crippen LogP contribution >= 0.6 is 0 Å². The first-order chi connectivity index (χ1) is 10.4. The third kappa shape index (κ3) is 3.02. The monoisotopic (exact) mass is 281 g/mol. The molecule has 0 atom stereocenters. The van der Waals surface area contributed by atoms with Gasteiger partial charge in [0.2, 0.25) is 0 Å². The molecular weight excluding hydrogens is 266 g/mol. The van der Waals surface area contributed by atoms with Gasteiger partial charge in [-0.1, -0.05) is 35.5 Å². The van der Waals surface area contributed by atoms with Crippen LogP contribution in [0.2, 0.25) is 0 Å². The van der Waals surface area contributed by atoms with Gasteiger partial charge in [0, 0.05) is 0 Å². The molecule has 0 radical (unpaired) electrons. The second-order valence-corrected chi connectivity index (χ2v) is 4.43. The lowest BCUT2D eigenvalue weighted by atomic mass is 10.3. The summed E-state index contributed by atoms with van der Waals surface area (Å²) < 4.78 is 12.7. The second-order valence-electron chi connectivity index (χ2n) is 4.43. The maximum atomic E-state index is 5.72. The molecule has 0 spiro atoms. The van der Waals surface area contributed by atoms with E-state index in [1.54, 1.807) is 11.8 Å². The normalized spacial score (nSPS) is 10.3. The van der Waals surface area contributed by atoms with E-state index in [4.69, 9.17) is 9.47 Å². The number of aromatic nitrogens is 3. The van der Waals surface area contributed by atoms with Crippen LogP contribution in [0.15, 0.2) is 60.8 Å². The summed E-state index contributed by atoms with van der Waals surface area (Å²) in [5.74, 6) is 1.39. The van der Waals surface area contributed by atoms with Gasteiger partial charge in [-0.2, -0.15) is 0 Å². The first-order valence-electron chi connectivity index (χ1n) is 6.59. The quantitative estimate of drug-likeness (QED) is 0.721. The third-order valence-electron chi connectivity index (χ3n) is 3.01. The topological polar surface area (TPSA) is 49.2 Å². The highest BCUT2D eigenvalue weighted by Crippen LogP contribution is 2.26. The van der Waals surface area contributed by atoms with Crippen LogP contribution in [0.4, 0.5) is 0 Å². The summed E-state index contributed by atoms with van der Waals surface area (Å²) in [5.41, 5.74) is 1.72. The zero-order chi connectivity index (χ0) is 14.5. The maximum absolute atomic E-state index is 5.72. The zero-order valence-corrected chi connectivity index (χ0v) is 11.6. The van der Waals surface area contributed by atoms with Crippen LogP contribution in [0.1, 0.15) is 5.69 Å². The minimum absolute atomic E-state index is 0.340. The Kier molecular flexibility index (Phi) is 3.82. The van der Waals surface area contributed by atoms with Crippen molar-refractivity contribution in [3.63, 3.8) is 0 Å². The molecule has 0 aliphatic carbocycles. The maximum Gasteiger partial charge on any atom is 0.161 e. The van der Waals surface area contributed by atoms with Crippen LogP contribution in [0.5, 0.6) is 11.5 Å². The molecule has 3 rings (SSSR count). The first-order valence-corrected chi connectivity index (χ1v) is 6.59. The van der Waals surface area contributed by atoms with Crippen LogP contribution in [-0.4, -0.2) is 22.1 Å². The average Bonchev–Trinajstić information content (AvgIpc) is 3.03. The molecule has 0 saturated heterocycles. The molecule has 2 aromatic carbocycles. The van der Waals surface area contributed by atoms with Crippen molar-refractivity contribution < 1.29 is 9.47 Å². The van der Waals surface area contributed by atoms with Gasteiger partial charge in [0.25, 0.3) is 0 Å². The van der Waals surface area contributed by atoms with Gasteiger partial charge in [0.05, 0.1) is 19.0 Å². The Morgan fingerprint density at radius 1 is 0.952 bits per heavy atom. The molecule has 1 heterocycles. The van der Waals surface area contributed by atoms with Crippen LogP contribution < -0.4 is 9.47 Å². The van der Waals surface area contributed by atoms with E-state index in [9.17, 15) is 0 Å². The van der Waals surface area contributed by atoms with Crippen LogP contribution in [0.25, 0.3) is 5.69 Å². The molecule has 0 fully saturated rings. The summed E-state index contributed by atoms with van der Waals surface area (Å²) >= 11 is 0. The Balaban J connectivity index is 1.71. The third-order valence-corrected chi connectivity index (χ3v) is 3.01. The lowest BCUT2D eigenvalue weighted by Gasteiger charge is -2.08. The van der Waals surface area contributed by atoms with Gasteiger partial charge in [-0.3, -0.25) is 0 Å². The van der Waals surface area contributed by atoms with Crippen molar-refractivity contribution in [1.29, 1.82) is 0 Å². The van der Waals surface area contributed by atoms with E-state index in [1.165, 1.54) is 0 Å². The van der Waals surface area contributed by atoms with Crippen molar-refractivity contribution in [1.82, 2.24) is 15.0 Å². The van der Waals surface area contributed by atoms with Crippen molar-refractivity contribution in [2.75, 3.05) is 7.11 Å². The van der Waals surface area contributed by atoms with Crippen molar-refractivity contribution in [2.24, 2.45) is 0 Å². The highest BCUT2D eigenvalue weighted by Gasteiger charge is 2.06. The molecule has 0 bridgehead atoms. The first kappa shape index (κ1) is 13.2. The second kappa shape index (κ2) is 6.09. The van der Waals surface area contributed by atoms with Crippen molar-refractivity contribution in [3.05, 3.63) is 66.5 Å². The van der Waals surface area contributed by atoms with Crippen LogP contribution in [-0.2, 0) is 6.61 Å². The van der Waals surface area contributed by atoms with Gasteiger partial charge in [0.1, 0.15) is 12.3 Å². The molecule has 0 aliphatic rings. The molecule has 0 aliphatic heterocycles. The van der Waals surface area contributed by atoms with E-state index in [2.05, 4.69) is 10.3 Å². The van der Waals surface area contributed by atoms with Crippen LogP contribution in [0.3, 0.4) is 0 Å². The number of benzene rings is 2. The molecule has 0 saturated carbocycles. The summed E-state index contributed by atoms with van der Waals surface area (Å²) in [6.07, 6.45) is 1.85. The van der Waals surface area contributed by atoms with Crippen molar-refractivity contribution in [3.8, 4) is 17.2 Å². The minimum atomic E-state index is 0.340. The number of hydrogen-bond acceptors (Lipinski definition) is 4. The molecule has 21 heavy (non-hydrogen) atoms. The Morgan fingerprint density at radius 2 is 1.67 bits per heavy atom. The number of nitrogens with zero attached hydrogens (tertiary/aromatic N) is 3. The molecular formula is C16H15N3O2. The fraction of sp³-hybridized carbons (Fsp3) is 0.125. The van der Waals surface area contributed by atoms with Gasteiger partial charge in [-0.05, 0) is 24.3 Å². The van der Waals surface area contributed by atoms with Crippen molar-refractivity contribution in [2.45, 2.75) is 6.61 Å². The van der Waals surface area contributed by atoms with Crippen LogP contribution in [0, 0.1) is 0 Å². The van der Waals surface area contributed by atoms with Gasteiger partial charge in [-0.15, -0.1) is 5.10 Å². The van der Waals surface area contributed by atoms with Gasteiger partial charge < -0.3 is 9.47 Å². The Hall–Kier alpha value is -2.82. The highest BCUT2D eigenvalue weighted by molar-refractivity contribution is 5.39. The smallest absolute Gasteiger partial charge is 0.161 e. The number of ether oxygens (including phenoxy) is 2. The average molecular weight is 281 g/mol. The van der Waals surface area contributed by atoms with Gasteiger partial charge in [-0.25, -0.2) is 4.68 Å². The molecule has 0 N–H and O–H groups in total. The van der Waals surface area contributed by atoms with E-state index >= 15 is 0 Å². The van der Waals surface area contributed by atoms with Gasteiger partial charge in [0.15, 0.2) is 11.5 Å². The summed E-state index contributed by atoms with van der Waals surface area (Å²) in [5, 5.41) is 8.21. The van der Waals surface area contributed by atoms with E-state index < -0.39 is 0 Å². The highest BCUT2D eigenvalue weighted by atomic mass is 16.5. The summed E-state index contributed by atoms with van der Waals surface area (Å²) in [4.78, 5) is 0. The molecule has 1 aromatic heterocycles. The van der Waals surface area contributed by atoms with Crippen molar-refractivity contribution >= 4 is 0 Å². The van der Waals surface area contributed by atoms with E-state index in [-0.39, 0.29) is 0 Å². The number of methoxy groups -OCH3 is 1. The molecule has 0 unspecified atom stereocenters. The molecule has 5 nitrogen and oxygen atoms in total. The Morgan fingerprint density at radius 3 is 2.43 bits per heavy atom. The fourth-order valence-corrected chi connectivity index (χ4v) is 1.96. The molecule has 0 amide bonds. The SMILES string of the molecule is COc1ccccc1OCc1cn(-c2ccccc2)nn1. The summed E-state index contributed by atoms with van der Waals surface area (Å²) in [7, 11) is 1.62. The Labute approximate surface area is 122 Å². The Bertz CT molecular complexity index is 710. The molecule has 5 heteroatoms. The van der Waals surface area contributed by atoms with Gasteiger partial charge >= 0.3 is 0 Å². The lowest BCUT2D eigenvalue weighted by molar-refractivity contribution is 0.280. The standard InChI is InChI=1S/C16H15N3O2/c1-20-15-9-5-6-10-16(15)21-12-13-11-19(18-17-13)14-7-3-2-4-8-14/h2-11H,12H2,1H3. The number of rotatable bonds is 5. The van der Waals surface area contributed by atoms with E-state index in [0.717, 1.165) is 11.4 Å². The lowest BCUT2D eigenvalue weighted by Crippen LogP contribution is -1.97. The largest absolute Gasteiger partial charge is 0.493 e. The van der Waals surface area contributed by atoms with E-state index in [0.29, 0.717) is 18.1 Å². The fourth-order valence-electron chi connectivity index (χ4n) is 1.96. The number of para-hydroxylation sites is 3. The summed E-state index contributed by atoms with van der Waals surface area (Å²) in [6, 6.07) is 17.3.